The van der Waals surface area contributed by atoms with E-state index < -0.39 is 0 Å². The molecule has 0 aliphatic heterocycles. The van der Waals surface area contributed by atoms with Crippen molar-refractivity contribution in [3.63, 3.8) is 0 Å². The van der Waals surface area contributed by atoms with Crippen LogP contribution in [-0.4, -0.2) is 15.9 Å². The van der Waals surface area contributed by atoms with Gasteiger partial charge in [0.05, 0.1) is 5.76 Å². The summed E-state index contributed by atoms with van der Waals surface area (Å²) in [5.74, 6) is 0.934. The fourth-order valence-corrected chi connectivity index (χ4v) is 7.13. The van der Waals surface area contributed by atoms with Crippen LogP contribution in [0.15, 0.2) is 58.8 Å². The van der Waals surface area contributed by atoms with E-state index in [0.29, 0.717) is 5.92 Å². The van der Waals surface area contributed by atoms with Crippen LogP contribution in [0.1, 0.15) is 115 Å². The molecule has 2 aromatic heterocycles. The molecule has 0 amide bonds. The Balaban J connectivity index is 0.000000269. The van der Waals surface area contributed by atoms with Gasteiger partial charge in [-0.2, -0.15) is 0 Å². The maximum atomic E-state index is 11.7. The van der Waals surface area contributed by atoms with E-state index in [0.717, 1.165) is 64.4 Å². The predicted octanol–water partition coefficient (Wildman–Crippen LogP) is 11.8. The second kappa shape index (κ2) is 14.5. The van der Waals surface area contributed by atoms with Gasteiger partial charge < -0.3 is 9.52 Å². The van der Waals surface area contributed by atoms with Crippen LogP contribution in [-0.2, 0) is 30.3 Å². The number of nitrogens with zero attached hydrogens (tertiary/aromatic N) is 1. The number of allylic oxidation sites excluding steroid dienone is 2. The quantitative estimate of drug-likeness (QED) is 0.0963. The molecule has 5 heteroatoms. The Hall–Kier alpha value is -3.27. The van der Waals surface area contributed by atoms with Crippen LogP contribution in [0.4, 0.5) is 0 Å². The van der Waals surface area contributed by atoms with Gasteiger partial charge in [0, 0.05) is 66.2 Å². The van der Waals surface area contributed by atoms with Crippen molar-refractivity contribution < 1.29 is 34.4 Å². The molecule has 3 aromatic carbocycles. The number of rotatable bonds is 8. The number of aryl methyl sites for hydroxylation is 2. The van der Waals surface area contributed by atoms with Gasteiger partial charge in [-0.05, 0) is 62.0 Å². The molecule has 0 saturated heterocycles. The first-order valence-corrected chi connectivity index (χ1v) is 17.1. The molecule has 2 heterocycles. The number of pyridine rings is 1. The molecule has 0 unspecified atom stereocenters. The summed E-state index contributed by atoms with van der Waals surface area (Å²) in [6, 6.07) is 17.3. The summed E-state index contributed by atoms with van der Waals surface area (Å²) >= 11 is 0. The van der Waals surface area contributed by atoms with Crippen LogP contribution < -0.4 is 0 Å². The number of carbonyl (C=O) groups excluding carboxylic acids is 1. The van der Waals surface area contributed by atoms with Crippen molar-refractivity contribution in [2.24, 2.45) is 11.8 Å². The fraction of sp³-hybridized carbons (Fsp3) is 0.429. The van der Waals surface area contributed by atoms with E-state index in [9.17, 15) is 9.90 Å². The van der Waals surface area contributed by atoms with E-state index in [2.05, 4.69) is 84.0 Å². The minimum Gasteiger partial charge on any atom is -0.512 e. The number of furan rings is 1. The van der Waals surface area contributed by atoms with Crippen molar-refractivity contribution in [1.82, 2.24) is 4.98 Å². The van der Waals surface area contributed by atoms with Crippen molar-refractivity contribution in [2.75, 3.05) is 0 Å². The number of hydrogen-bond donors (Lipinski definition) is 1. The molecule has 0 spiro atoms. The van der Waals surface area contributed by atoms with Crippen LogP contribution in [0.3, 0.4) is 0 Å². The van der Waals surface area contributed by atoms with Gasteiger partial charge in [-0.25, -0.2) is 0 Å². The zero-order chi connectivity index (χ0) is 33.5. The summed E-state index contributed by atoms with van der Waals surface area (Å²) in [6.07, 6.45) is 6.85. The second-order valence-corrected chi connectivity index (χ2v) is 13.9. The molecule has 4 nitrogen and oxygen atoms in total. The first kappa shape index (κ1) is 36.6. The van der Waals surface area contributed by atoms with Crippen molar-refractivity contribution >= 4 is 38.5 Å². The molecule has 5 aromatic rings. The molecule has 0 saturated carbocycles. The predicted molar refractivity (Wildman–Crippen MR) is 193 cm³/mol. The Morgan fingerprint density at radius 1 is 0.915 bits per heavy atom. The van der Waals surface area contributed by atoms with Gasteiger partial charge in [0.15, 0.2) is 5.78 Å². The number of ketones is 1. The van der Waals surface area contributed by atoms with Gasteiger partial charge in [0.2, 0.25) is 0 Å². The number of hydrogen-bond acceptors (Lipinski definition) is 4. The molecule has 1 N–H and O–H groups in total. The van der Waals surface area contributed by atoms with Crippen LogP contribution in [0.5, 0.6) is 0 Å². The molecule has 1 aliphatic carbocycles. The number of aliphatic hydroxyl groups is 1. The van der Waals surface area contributed by atoms with Gasteiger partial charge in [0.1, 0.15) is 11.2 Å². The van der Waals surface area contributed by atoms with Crippen LogP contribution in [0.25, 0.3) is 44.0 Å². The Morgan fingerprint density at radius 2 is 1.57 bits per heavy atom. The third kappa shape index (κ3) is 6.59. The minimum atomic E-state index is -0.205. The fourth-order valence-electron chi connectivity index (χ4n) is 7.13. The van der Waals surface area contributed by atoms with E-state index in [4.69, 9.17) is 9.40 Å². The number of aromatic nitrogens is 1. The molecule has 0 fully saturated rings. The van der Waals surface area contributed by atoms with Crippen molar-refractivity contribution in [2.45, 2.75) is 106 Å². The van der Waals surface area contributed by atoms with Crippen molar-refractivity contribution in [3.05, 3.63) is 88.3 Å². The Bertz CT molecular complexity index is 1950. The van der Waals surface area contributed by atoms with E-state index in [-0.39, 0.29) is 48.9 Å². The van der Waals surface area contributed by atoms with Gasteiger partial charge in [-0.1, -0.05) is 102 Å². The zero-order valence-electron chi connectivity index (χ0n) is 29.7. The molecule has 6 rings (SSSR count). The van der Waals surface area contributed by atoms with E-state index in [1.54, 1.807) is 0 Å². The van der Waals surface area contributed by atoms with Crippen molar-refractivity contribution in [1.29, 1.82) is 0 Å². The Morgan fingerprint density at radius 3 is 2.19 bits per heavy atom. The standard InChI is InChI=1S/C29H26NO.C13H24O2.Ir/c1-15(2)20-9-10-22-24-25-26(30-14-17(4)27(25)31-28(20)24)21-12-18-8-7-16(3)11-19(18)13-23(21)29(22,5)6;1-5-10(6-2)12(14)9-13(15)11(7-3)8-4;/h7-11,13-15H,1-6H3;9-11,14H,5-8H2,1-4H3;/q-1;;/b;12-9-;. The summed E-state index contributed by atoms with van der Waals surface area (Å²) in [7, 11) is 0. The Labute approximate surface area is 294 Å². The molecule has 1 aliphatic rings. The number of aliphatic hydroxyl groups excluding tert-OH is 1. The third-order valence-electron chi connectivity index (χ3n) is 10.2. The monoisotopic (exact) mass is 809 g/mol. The zero-order valence-corrected chi connectivity index (χ0v) is 32.1. The summed E-state index contributed by atoms with van der Waals surface area (Å²) in [6.45, 7) is 21.4. The normalized spacial score (nSPS) is 13.7. The molecular formula is C42H50IrNO3-. The summed E-state index contributed by atoms with van der Waals surface area (Å²) in [4.78, 5) is 16.7. The molecular weight excluding hydrogens is 759 g/mol. The maximum Gasteiger partial charge on any atom is 0.162 e. The molecule has 1 radical (unpaired) electrons. The van der Waals surface area contributed by atoms with E-state index in [1.165, 1.54) is 39.1 Å². The Kier molecular flexibility index (Phi) is 11.3. The van der Waals surface area contributed by atoms with Crippen LogP contribution >= 0.6 is 0 Å². The maximum absolute atomic E-state index is 11.7. The largest absolute Gasteiger partial charge is 0.512 e. The SMILES string of the molecule is CCC(CC)C(=O)/C=C(\O)C(CC)CC.Cc1ccc2[c-]c3c(cc2c1)C(C)(C)c1ccc(C(C)C)c2oc4c(C)cnc-3c4c12.[Ir]. The number of benzene rings is 3. The average molecular weight is 809 g/mol. The third-order valence-corrected chi connectivity index (χ3v) is 10.2. The summed E-state index contributed by atoms with van der Waals surface area (Å²) < 4.78 is 6.59. The smallest absolute Gasteiger partial charge is 0.162 e. The van der Waals surface area contributed by atoms with E-state index >= 15 is 0 Å². The van der Waals surface area contributed by atoms with Gasteiger partial charge >= 0.3 is 0 Å². The number of fused-ring (bicyclic) bond motifs is 3. The molecule has 47 heavy (non-hydrogen) atoms. The molecule has 0 bridgehead atoms. The molecule has 251 valence electrons. The first-order valence-electron chi connectivity index (χ1n) is 17.1. The minimum absolute atomic E-state index is 0. The van der Waals surface area contributed by atoms with Gasteiger partial charge in [0.25, 0.3) is 0 Å². The van der Waals surface area contributed by atoms with Crippen LogP contribution in [0.2, 0.25) is 0 Å². The average Bonchev–Trinajstić information content (AvgIpc) is 3.40. The first-order chi connectivity index (χ1) is 21.9. The molecule has 0 atom stereocenters. The number of carbonyl (C=O) groups is 1. The summed E-state index contributed by atoms with van der Waals surface area (Å²) in [5, 5.41) is 14.5. The van der Waals surface area contributed by atoms with Gasteiger partial charge in [-0.15, -0.1) is 23.6 Å². The second-order valence-electron chi connectivity index (χ2n) is 13.9. The van der Waals surface area contributed by atoms with Crippen molar-refractivity contribution in [3.8, 4) is 11.3 Å². The van der Waals surface area contributed by atoms with E-state index in [1.807, 2.05) is 33.9 Å². The summed E-state index contributed by atoms with van der Waals surface area (Å²) in [5.41, 5.74) is 10.0. The van der Waals surface area contributed by atoms with Gasteiger partial charge in [-0.3, -0.25) is 9.78 Å². The van der Waals surface area contributed by atoms with Crippen LogP contribution in [0, 0.1) is 31.7 Å². The topological polar surface area (TPSA) is 63.3 Å².